The minimum Gasteiger partial charge on any atom is -0.375 e. The Morgan fingerprint density at radius 1 is 1.53 bits per heavy atom. The van der Waals surface area contributed by atoms with Crippen molar-refractivity contribution in [3.05, 3.63) is 0 Å². The van der Waals surface area contributed by atoms with Crippen molar-refractivity contribution in [1.29, 1.82) is 5.26 Å². The highest BCUT2D eigenvalue weighted by Gasteiger charge is 2.34. The van der Waals surface area contributed by atoms with Gasteiger partial charge in [-0.2, -0.15) is 5.26 Å². The Kier molecular flexibility index (Phi) is 6.12. The van der Waals surface area contributed by atoms with Crippen molar-refractivity contribution in [3.8, 4) is 6.07 Å². The van der Waals surface area contributed by atoms with E-state index in [2.05, 4.69) is 21.0 Å². The van der Waals surface area contributed by atoms with Gasteiger partial charge in [0.25, 0.3) is 6.43 Å². The monoisotopic (exact) mass is 275 g/mol. The highest BCUT2D eigenvalue weighted by Crippen LogP contribution is 2.20. The van der Waals surface area contributed by atoms with Crippen molar-refractivity contribution in [2.75, 3.05) is 33.4 Å². The quantitative estimate of drug-likeness (QED) is 0.727. The van der Waals surface area contributed by atoms with Crippen LogP contribution in [-0.4, -0.2) is 56.1 Å². The molecule has 1 heterocycles. The van der Waals surface area contributed by atoms with Gasteiger partial charge in [-0.25, -0.2) is 8.78 Å². The van der Waals surface area contributed by atoms with Crippen LogP contribution < -0.4 is 5.32 Å². The molecule has 0 radical (unpaired) electrons. The van der Waals surface area contributed by atoms with E-state index in [0.29, 0.717) is 12.8 Å². The number of carbonyl (C=O) groups is 1. The molecule has 5 nitrogen and oxygen atoms in total. The number of nitrogens with zero attached hydrogens (tertiary/aromatic N) is 2. The van der Waals surface area contributed by atoms with Crippen molar-refractivity contribution >= 4 is 5.91 Å². The zero-order chi connectivity index (χ0) is 14.3. The third-order valence-electron chi connectivity index (χ3n) is 3.15. The van der Waals surface area contributed by atoms with Crippen LogP contribution in [0.4, 0.5) is 8.78 Å². The lowest BCUT2D eigenvalue weighted by Crippen LogP contribution is -2.53. The first kappa shape index (κ1) is 15.8. The summed E-state index contributed by atoms with van der Waals surface area (Å²) >= 11 is 0. The molecule has 0 aromatic carbocycles. The van der Waals surface area contributed by atoms with Gasteiger partial charge in [-0.1, -0.05) is 0 Å². The fourth-order valence-electron chi connectivity index (χ4n) is 1.93. The van der Waals surface area contributed by atoms with Crippen molar-refractivity contribution in [3.63, 3.8) is 0 Å². The molecule has 1 fully saturated rings. The summed E-state index contributed by atoms with van der Waals surface area (Å²) in [5.41, 5.74) is -0.827. The van der Waals surface area contributed by atoms with E-state index in [1.54, 1.807) is 0 Å². The maximum Gasteiger partial charge on any atom is 0.261 e. The van der Waals surface area contributed by atoms with E-state index >= 15 is 0 Å². The maximum atomic E-state index is 11.8. The van der Waals surface area contributed by atoms with Gasteiger partial charge in [0, 0.05) is 13.1 Å². The highest BCUT2D eigenvalue weighted by molar-refractivity contribution is 5.77. The minimum absolute atomic E-state index is 0.00795. The smallest absolute Gasteiger partial charge is 0.261 e. The molecule has 1 aliphatic rings. The molecule has 1 saturated heterocycles. The summed E-state index contributed by atoms with van der Waals surface area (Å²) in [5.74, 6) is -0.333. The Morgan fingerprint density at radius 3 is 2.68 bits per heavy atom. The van der Waals surface area contributed by atoms with E-state index in [1.807, 2.05) is 7.05 Å². The van der Waals surface area contributed by atoms with Crippen molar-refractivity contribution in [2.45, 2.75) is 31.2 Å². The number of nitriles is 1. The number of halogens is 2. The minimum atomic E-state index is -2.53. The van der Waals surface area contributed by atoms with Gasteiger partial charge < -0.3 is 15.0 Å². The van der Waals surface area contributed by atoms with E-state index in [4.69, 9.17) is 0 Å². The Labute approximate surface area is 111 Å². The van der Waals surface area contributed by atoms with Gasteiger partial charge in [0.05, 0.1) is 19.1 Å². The SMILES string of the molecule is CN1CCC(C#N)(NC(=O)CCOCC(F)F)CC1. The van der Waals surface area contributed by atoms with Crippen LogP contribution >= 0.6 is 0 Å². The number of carbonyl (C=O) groups excluding carboxylic acids is 1. The largest absolute Gasteiger partial charge is 0.375 e. The Bertz CT molecular complexity index is 336. The van der Waals surface area contributed by atoms with E-state index in [9.17, 15) is 18.8 Å². The standard InChI is InChI=1S/C12H19F2N3O2/c1-17-5-3-12(9-15,4-6-17)16-11(18)2-7-19-8-10(13)14/h10H,2-8H2,1H3,(H,16,18). The molecule has 0 atom stereocenters. The van der Waals surface area contributed by atoms with E-state index in [1.165, 1.54) is 0 Å². The summed E-state index contributed by atoms with van der Waals surface area (Å²) in [6, 6.07) is 2.16. The number of likely N-dealkylation sites (tertiary alicyclic amines) is 1. The van der Waals surface area contributed by atoms with Crippen LogP contribution in [0.15, 0.2) is 0 Å². The van der Waals surface area contributed by atoms with Crippen molar-refractivity contribution in [1.82, 2.24) is 10.2 Å². The lowest BCUT2D eigenvalue weighted by molar-refractivity contribution is -0.124. The van der Waals surface area contributed by atoms with E-state index < -0.39 is 18.6 Å². The summed E-state index contributed by atoms with van der Waals surface area (Å²) in [5, 5.41) is 11.9. The summed E-state index contributed by atoms with van der Waals surface area (Å²) < 4.78 is 28.3. The highest BCUT2D eigenvalue weighted by atomic mass is 19.3. The molecular weight excluding hydrogens is 256 g/mol. The summed E-state index contributed by atoms with van der Waals surface area (Å²) in [6.45, 7) is 0.768. The molecule has 1 N–H and O–H groups in total. The van der Waals surface area contributed by atoms with Crippen LogP contribution in [0.1, 0.15) is 19.3 Å². The van der Waals surface area contributed by atoms with Gasteiger partial charge in [-0.15, -0.1) is 0 Å². The second kappa shape index (κ2) is 7.36. The molecule has 1 rings (SSSR count). The van der Waals surface area contributed by atoms with Crippen LogP contribution in [-0.2, 0) is 9.53 Å². The molecular formula is C12H19F2N3O2. The van der Waals surface area contributed by atoms with Crippen molar-refractivity contribution < 1.29 is 18.3 Å². The van der Waals surface area contributed by atoms with Gasteiger partial charge in [-0.05, 0) is 19.9 Å². The molecule has 7 heteroatoms. The second-order valence-electron chi connectivity index (χ2n) is 4.76. The van der Waals surface area contributed by atoms with Gasteiger partial charge in [-0.3, -0.25) is 4.79 Å². The first-order valence-corrected chi connectivity index (χ1v) is 6.24. The fraction of sp³-hybridized carbons (Fsp3) is 0.833. The molecule has 108 valence electrons. The van der Waals surface area contributed by atoms with Gasteiger partial charge in [0.2, 0.25) is 5.91 Å². The number of hydrogen-bond acceptors (Lipinski definition) is 4. The van der Waals surface area contributed by atoms with Crippen LogP contribution in [0.25, 0.3) is 0 Å². The average molecular weight is 275 g/mol. The molecule has 0 aliphatic carbocycles. The zero-order valence-electron chi connectivity index (χ0n) is 11.0. The maximum absolute atomic E-state index is 11.8. The van der Waals surface area contributed by atoms with Crippen LogP contribution in [0, 0.1) is 11.3 Å². The molecule has 19 heavy (non-hydrogen) atoms. The molecule has 1 amide bonds. The van der Waals surface area contributed by atoms with Crippen LogP contribution in [0.2, 0.25) is 0 Å². The zero-order valence-corrected chi connectivity index (χ0v) is 11.0. The third-order valence-corrected chi connectivity index (χ3v) is 3.15. The third kappa shape index (κ3) is 5.49. The number of amides is 1. The lowest BCUT2D eigenvalue weighted by atomic mass is 9.89. The number of ether oxygens (including phenoxy) is 1. The van der Waals surface area contributed by atoms with E-state index in [-0.39, 0.29) is 18.9 Å². The average Bonchev–Trinajstić information content (AvgIpc) is 2.38. The molecule has 0 spiro atoms. The second-order valence-corrected chi connectivity index (χ2v) is 4.76. The molecule has 1 aliphatic heterocycles. The first-order valence-electron chi connectivity index (χ1n) is 6.24. The Balaban J connectivity index is 2.31. The first-order chi connectivity index (χ1) is 8.97. The van der Waals surface area contributed by atoms with E-state index in [0.717, 1.165) is 13.1 Å². The van der Waals surface area contributed by atoms with Gasteiger partial charge >= 0.3 is 0 Å². The number of alkyl halides is 2. The molecule has 0 aromatic rings. The molecule has 0 unspecified atom stereocenters. The normalized spacial score (nSPS) is 19.1. The Morgan fingerprint density at radius 2 is 2.16 bits per heavy atom. The lowest BCUT2D eigenvalue weighted by Gasteiger charge is -2.36. The number of hydrogen-bond donors (Lipinski definition) is 1. The number of piperidine rings is 1. The van der Waals surface area contributed by atoms with Crippen LogP contribution in [0.3, 0.4) is 0 Å². The summed E-state index contributed by atoms with van der Waals surface area (Å²) in [4.78, 5) is 13.7. The summed E-state index contributed by atoms with van der Waals surface area (Å²) in [7, 11) is 1.96. The molecule has 0 aromatic heterocycles. The Hall–Kier alpha value is -1.26. The predicted molar refractivity (Wildman–Crippen MR) is 64.7 cm³/mol. The molecule has 0 bridgehead atoms. The van der Waals surface area contributed by atoms with Gasteiger partial charge in [0.15, 0.2) is 0 Å². The number of rotatable bonds is 6. The predicted octanol–water partition coefficient (Wildman–Crippen LogP) is 0.762. The fourth-order valence-corrected chi connectivity index (χ4v) is 1.93. The van der Waals surface area contributed by atoms with Crippen LogP contribution in [0.5, 0.6) is 0 Å². The summed E-state index contributed by atoms with van der Waals surface area (Å²) in [6.07, 6.45) is -1.39. The topological polar surface area (TPSA) is 65.4 Å². The number of nitrogens with one attached hydrogen (secondary N) is 1. The van der Waals surface area contributed by atoms with Crippen molar-refractivity contribution in [2.24, 2.45) is 0 Å². The molecule has 0 saturated carbocycles. The van der Waals surface area contributed by atoms with Gasteiger partial charge in [0.1, 0.15) is 12.1 Å².